The molecule has 3 aliphatic rings. The van der Waals surface area contributed by atoms with Gasteiger partial charge in [0.15, 0.2) is 11.5 Å². The number of fused-ring (bicyclic) bond motifs is 4. The maximum atomic E-state index is 6.68. The van der Waals surface area contributed by atoms with Crippen molar-refractivity contribution in [3.63, 3.8) is 0 Å². The Morgan fingerprint density at radius 1 is 1.15 bits per heavy atom. The molecule has 1 spiro atoms. The monoisotopic (exact) mass is 366 g/mol. The molecule has 27 heavy (non-hydrogen) atoms. The van der Waals surface area contributed by atoms with Gasteiger partial charge in [-0.25, -0.2) is 0 Å². The number of hydrogen-bond donors (Lipinski definition) is 2. The maximum absolute atomic E-state index is 6.68. The lowest BCUT2D eigenvalue weighted by atomic mass is 9.92. The molecule has 0 amide bonds. The zero-order valence-corrected chi connectivity index (χ0v) is 16.3. The van der Waals surface area contributed by atoms with Crippen molar-refractivity contribution >= 4 is 5.70 Å². The summed E-state index contributed by atoms with van der Waals surface area (Å²) < 4.78 is 12.6. The van der Waals surface area contributed by atoms with Crippen LogP contribution in [0.3, 0.4) is 0 Å². The molecule has 1 aromatic heterocycles. The Morgan fingerprint density at radius 2 is 1.93 bits per heavy atom. The number of para-hydroxylation sites is 1. The van der Waals surface area contributed by atoms with Gasteiger partial charge in [-0.2, -0.15) is 5.01 Å². The minimum absolute atomic E-state index is 0.163. The van der Waals surface area contributed by atoms with E-state index in [2.05, 4.69) is 54.6 Å². The second kappa shape index (κ2) is 6.14. The number of quaternary nitrogens is 1. The van der Waals surface area contributed by atoms with Crippen molar-refractivity contribution in [2.24, 2.45) is 0 Å². The van der Waals surface area contributed by atoms with Crippen molar-refractivity contribution in [3.8, 4) is 5.75 Å². The minimum Gasteiger partial charge on any atom is -0.470 e. The Labute approximate surface area is 160 Å². The van der Waals surface area contributed by atoms with Crippen LogP contribution >= 0.6 is 0 Å². The molecule has 0 bridgehead atoms. The van der Waals surface area contributed by atoms with Gasteiger partial charge in [0.2, 0.25) is 0 Å². The molecule has 5 heteroatoms. The number of hydrazine groups is 1. The van der Waals surface area contributed by atoms with E-state index in [-0.39, 0.29) is 11.8 Å². The van der Waals surface area contributed by atoms with Gasteiger partial charge in [-0.15, -0.1) is 0 Å². The third kappa shape index (κ3) is 2.68. The van der Waals surface area contributed by atoms with Crippen molar-refractivity contribution in [1.82, 2.24) is 10.4 Å². The third-order valence-corrected chi connectivity index (χ3v) is 6.32. The largest absolute Gasteiger partial charge is 0.470 e. The number of rotatable bonds is 2. The Kier molecular flexibility index (Phi) is 3.85. The van der Waals surface area contributed by atoms with Gasteiger partial charge >= 0.3 is 0 Å². The van der Waals surface area contributed by atoms with Crippen LogP contribution in [-0.4, -0.2) is 29.9 Å². The van der Waals surface area contributed by atoms with Crippen LogP contribution in [0.1, 0.15) is 49.8 Å². The average molecular weight is 366 g/mol. The molecule has 2 N–H and O–H groups in total. The smallest absolute Gasteiger partial charge is 0.191 e. The second-order valence-corrected chi connectivity index (χ2v) is 8.32. The quantitative estimate of drug-likeness (QED) is 0.858. The molecule has 0 aliphatic carbocycles. The molecule has 1 saturated heterocycles. The first-order valence-electron chi connectivity index (χ1n) is 10.0. The first-order chi connectivity index (χ1) is 13.1. The van der Waals surface area contributed by atoms with Crippen molar-refractivity contribution in [1.29, 1.82) is 0 Å². The number of benzene rings is 1. The van der Waals surface area contributed by atoms with Crippen LogP contribution in [0.4, 0.5) is 0 Å². The number of furan rings is 1. The summed E-state index contributed by atoms with van der Waals surface area (Å²) in [7, 11) is 0. The number of hydrogen-bond acceptors (Lipinski definition) is 4. The highest BCUT2D eigenvalue weighted by Crippen LogP contribution is 2.47. The van der Waals surface area contributed by atoms with Gasteiger partial charge in [0, 0.05) is 5.56 Å². The molecule has 0 saturated carbocycles. The molecule has 1 aromatic carbocycles. The highest BCUT2D eigenvalue weighted by atomic mass is 16.5. The lowest BCUT2D eigenvalue weighted by Gasteiger charge is -2.51. The van der Waals surface area contributed by atoms with Gasteiger partial charge in [0.1, 0.15) is 11.5 Å². The summed E-state index contributed by atoms with van der Waals surface area (Å²) in [6.45, 7) is 8.84. The zero-order valence-electron chi connectivity index (χ0n) is 16.3. The summed E-state index contributed by atoms with van der Waals surface area (Å²) in [6, 6.07) is 13.3. The van der Waals surface area contributed by atoms with Crippen LogP contribution in [0, 0.1) is 6.92 Å². The first kappa shape index (κ1) is 16.9. The summed E-state index contributed by atoms with van der Waals surface area (Å²) in [5, 5.41) is 2.33. The zero-order chi connectivity index (χ0) is 18.6. The van der Waals surface area contributed by atoms with E-state index in [0.717, 1.165) is 48.9 Å². The number of aryl methyl sites for hydroxylation is 1. The number of nitrogens with zero attached hydrogens (tertiary/aromatic N) is 1. The van der Waals surface area contributed by atoms with Gasteiger partial charge < -0.3 is 19.5 Å². The van der Waals surface area contributed by atoms with E-state index in [9.17, 15) is 0 Å². The average Bonchev–Trinajstić information content (AvgIpc) is 3.29. The summed E-state index contributed by atoms with van der Waals surface area (Å²) in [5.41, 5.74) is 5.58. The maximum Gasteiger partial charge on any atom is 0.191 e. The standard InChI is InChI=1S/C22H27N3O2/c1-15(2)24-12-10-22(11-13-24)25-19(17-6-4-5-7-20(17)27-22)14-18(23-25)21-9-8-16(3)26-21/h4-9,14-15,19,23H,10-13H2,1-3H3/p+1/t19-/m0/s1. The predicted octanol–water partition coefficient (Wildman–Crippen LogP) is 2.67. The van der Waals surface area contributed by atoms with Gasteiger partial charge in [-0.1, -0.05) is 18.2 Å². The summed E-state index contributed by atoms with van der Waals surface area (Å²) in [4.78, 5) is 1.66. The van der Waals surface area contributed by atoms with E-state index in [0.29, 0.717) is 6.04 Å². The Balaban J connectivity index is 1.52. The third-order valence-electron chi connectivity index (χ3n) is 6.32. The Morgan fingerprint density at radius 3 is 2.63 bits per heavy atom. The molecule has 0 unspecified atom stereocenters. The fraction of sp³-hybridized carbons (Fsp3) is 0.455. The summed E-state index contributed by atoms with van der Waals surface area (Å²) in [6.07, 6.45) is 4.30. The van der Waals surface area contributed by atoms with E-state index in [1.165, 1.54) is 5.56 Å². The molecule has 2 aromatic rings. The molecule has 142 valence electrons. The van der Waals surface area contributed by atoms with Gasteiger partial charge in [0.05, 0.1) is 43.7 Å². The van der Waals surface area contributed by atoms with Crippen molar-refractivity contribution in [2.75, 3.05) is 13.1 Å². The minimum atomic E-state index is -0.308. The number of likely N-dealkylation sites (tertiary alicyclic amines) is 1. The summed E-state index contributed by atoms with van der Waals surface area (Å²) >= 11 is 0. The molecule has 3 aliphatic heterocycles. The first-order valence-corrected chi connectivity index (χ1v) is 10.0. The van der Waals surface area contributed by atoms with Crippen LogP contribution in [0.2, 0.25) is 0 Å². The normalized spacial score (nSPS) is 29.9. The van der Waals surface area contributed by atoms with Crippen LogP contribution in [0.5, 0.6) is 5.75 Å². The Bertz CT molecular complexity index is 877. The van der Waals surface area contributed by atoms with Crippen LogP contribution < -0.4 is 15.1 Å². The SMILES string of the molecule is Cc1ccc(C2=C[C@H]3c4ccccc4OC4(CC[NH+](C(C)C)CC4)N3N2)o1. The van der Waals surface area contributed by atoms with Crippen LogP contribution in [-0.2, 0) is 0 Å². The molecule has 4 heterocycles. The molecule has 0 radical (unpaired) electrons. The fourth-order valence-corrected chi connectivity index (χ4v) is 4.72. The van der Waals surface area contributed by atoms with Crippen LogP contribution in [0.15, 0.2) is 46.9 Å². The highest BCUT2D eigenvalue weighted by Gasteiger charge is 2.53. The van der Waals surface area contributed by atoms with Crippen LogP contribution in [0.25, 0.3) is 5.70 Å². The second-order valence-electron chi connectivity index (χ2n) is 8.32. The number of nitrogens with one attached hydrogen (secondary N) is 2. The fourth-order valence-electron chi connectivity index (χ4n) is 4.72. The lowest BCUT2D eigenvalue weighted by molar-refractivity contribution is -0.929. The Hall–Kier alpha value is -2.24. The molecule has 5 rings (SSSR count). The molecule has 1 atom stereocenters. The van der Waals surface area contributed by atoms with Crippen molar-refractivity contribution in [2.45, 2.75) is 51.4 Å². The van der Waals surface area contributed by atoms with E-state index >= 15 is 0 Å². The van der Waals surface area contributed by atoms with E-state index in [4.69, 9.17) is 9.15 Å². The lowest BCUT2D eigenvalue weighted by Crippen LogP contribution is -3.16. The van der Waals surface area contributed by atoms with Gasteiger partial charge in [0.25, 0.3) is 0 Å². The number of ether oxygens (including phenoxy) is 1. The van der Waals surface area contributed by atoms with Gasteiger partial charge in [-0.05, 0) is 45.0 Å². The topological polar surface area (TPSA) is 42.1 Å². The molecule has 5 nitrogen and oxygen atoms in total. The summed E-state index contributed by atoms with van der Waals surface area (Å²) in [5.74, 6) is 2.83. The molecular formula is C22H28N3O2+. The highest BCUT2D eigenvalue weighted by molar-refractivity contribution is 5.64. The van der Waals surface area contributed by atoms with Crippen molar-refractivity contribution in [3.05, 3.63) is 59.6 Å². The predicted molar refractivity (Wildman–Crippen MR) is 104 cm³/mol. The van der Waals surface area contributed by atoms with Gasteiger partial charge in [-0.3, -0.25) is 0 Å². The van der Waals surface area contributed by atoms with E-state index < -0.39 is 0 Å². The van der Waals surface area contributed by atoms with E-state index in [1.807, 2.05) is 19.1 Å². The van der Waals surface area contributed by atoms with E-state index in [1.54, 1.807) is 4.90 Å². The van der Waals surface area contributed by atoms with Crippen molar-refractivity contribution < 1.29 is 14.1 Å². The molecular weight excluding hydrogens is 338 g/mol. The number of piperidine rings is 1. The molecule has 1 fully saturated rings.